The molecule has 0 spiro atoms. The quantitative estimate of drug-likeness (QED) is 0.694. The monoisotopic (exact) mass is 362 g/mol. The molecule has 136 valence electrons. The molecule has 27 heavy (non-hydrogen) atoms. The predicted octanol–water partition coefficient (Wildman–Crippen LogP) is 2.97. The number of hydrogen-bond donors (Lipinski definition) is 2. The number of rotatable bonds is 4. The molecule has 0 unspecified atom stereocenters. The first-order valence-corrected chi connectivity index (χ1v) is 8.61. The summed E-state index contributed by atoms with van der Waals surface area (Å²) in [5, 5.41) is 17.9. The highest BCUT2D eigenvalue weighted by molar-refractivity contribution is 6.02. The second kappa shape index (κ2) is 6.95. The molecule has 3 aromatic rings. The van der Waals surface area contributed by atoms with Gasteiger partial charge in [0, 0.05) is 5.56 Å². The van der Waals surface area contributed by atoms with Gasteiger partial charge in [0.05, 0.1) is 17.9 Å². The Morgan fingerprint density at radius 1 is 1.19 bits per heavy atom. The predicted molar refractivity (Wildman–Crippen MR) is 99.9 cm³/mol. The largest absolute Gasteiger partial charge is 0.508 e. The number of para-hydroxylation sites is 1. The Hall–Kier alpha value is -3.61. The maximum absolute atomic E-state index is 12.9. The van der Waals surface area contributed by atoms with E-state index in [0.29, 0.717) is 22.8 Å². The van der Waals surface area contributed by atoms with E-state index in [-0.39, 0.29) is 12.4 Å². The minimum atomic E-state index is -0.667. The molecule has 7 heteroatoms. The molecule has 0 saturated carbocycles. The number of fused-ring (bicyclic) bond motifs is 1. The van der Waals surface area contributed by atoms with Crippen LogP contribution >= 0.6 is 0 Å². The van der Waals surface area contributed by atoms with Crippen molar-refractivity contribution in [1.82, 2.24) is 14.8 Å². The second-order valence-corrected chi connectivity index (χ2v) is 5.99. The topological polar surface area (TPSA) is 89.3 Å². The van der Waals surface area contributed by atoms with Crippen LogP contribution < -0.4 is 5.32 Å². The number of phenols is 1. The number of benzene rings is 2. The third kappa shape index (κ3) is 2.93. The van der Waals surface area contributed by atoms with Crippen molar-refractivity contribution in [2.75, 3.05) is 11.9 Å². The van der Waals surface area contributed by atoms with E-state index in [0.717, 1.165) is 5.56 Å². The Morgan fingerprint density at radius 2 is 1.93 bits per heavy atom. The number of aromatic hydroxyl groups is 1. The molecular weight excluding hydrogens is 344 g/mol. The minimum Gasteiger partial charge on any atom is -0.508 e. The number of carbonyl (C=O) groups excluding carboxylic acids is 1. The smallest absolute Gasteiger partial charge is 0.338 e. The number of nitrogens with one attached hydrogen (secondary N) is 1. The lowest BCUT2D eigenvalue weighted by Gasteiger charge is -2.29. The van der Waals surface area contributed by atoms with Crippen LogP contribution in [0.1, 0.15) is 24.1 Å². The Bertz CT molecular complexity index is 1010. The molecule has 1 atom stereocenters. The van der Waals surface area contributed by atoms with Crippen molar-refractivity contribution in [3.8, 4) is 5.75 Å². The summed E-state index contributed by atoms with van der Waals surface area (Å²) in [7, 11) is 0. The summed E-state index contributed by atoms with van der Waals surface area (Å²) in [6.45, 7) is 1.99. The summed E-state index contributed by atoms with van der Waals surface area (Å²) < 4.78 is 6.91. The van der Waals surface area contributed by atoms with Gasteiger partial charge in [-0.15, -0.1) is 0 Å². The summed E-state index contributed by atoms with van der Waals surface area (Å²) in [6, 6.07) is 15.7. The first-order valence-electron chi connectivity index (χ1n) is 8.61. The fourth-order valence-corrected chi connectivity index (χ4v) is 3.23. The Balaban J connectivity index is 1.99. The third-order valence-electron chi connectivity index (χ3n) is 4.39. The molecule has 2 heterocycles. The van der Waals surface area contributed by atoms with Crippen molar-refractivity contribution in [2.45, 2.75) is 13.0 Å². The lowest BCUT2D eigenvalue weighted by Crippen LogP contribution is -2.30. The van der Waals surface area contributed by atoms with Gasteiger partial charge in [-0.2, -0.15) is 10.1 Å². The van der Waals surface area contributed by atoms with Gasteiger partial charge in [0.25, 0.3) is 0 Å². The second-order valence-electron chi connectivity index (χ2n) is 5.99. The van der Waals surface area contributed by atoms with Gasteiger partial charge < -0.3 is 15.2 Å². The average Bonchev–Trinajstić information content (AvgIpc) is 3.16. The molecule has 0 bridgehead atoms. The Kier molecular flexibility index (Phi) is 4.33. The molecule has 2 aromatic carbocycles. The lowest BCUT2D eigenvalue weighted by atomic mass is 9.92. The molecule has 7 nitrogen and oxygen atoms in total. The van der Waals surface area contributed by atoms with Gasteiger partial charge in [-0.1, -0.05) is 48.5 Å². The molecule has 0 fully saturated rings. The molecule has 1 aliphatic heterocycles. The van der Waals surface area contributed by atoms with E-state index in [1.807, 2.05) is 30.3 Å². The highest BCUT2D eigenvalue weighted by Crippen LogP contribution is 2.41. The molecule has 2 N–H and O–H groups in total. The van der Waals surface area contributed by atoms with Crippen LogP contribution in [-0.4, -0.2) is 32.4 Å². The van der Waals surface area contributed by atoms with E-state index in [9.17, 15) is 9.90 Å². The number of esters is 1. The van der Waals surface area contributed by atoms with E-state index in [2.05, 4.69) is 15.4 Å². The molecule has 0 aliphatic carbocycles. The maximum Gasteiger partial charge on any atom is 0.338 e. The zero-order valence-corrected chi connectivity index (χ0v) is 14.7. The number of hydrogen-bond acceptors (Lipinski definition) is 6. The molecule has 4 rings (SSSR count). The first-order chi connectivity index (χ1) is 13.2. The first kappa shape index (κ1) is 16.8. The summed E-state index contributed by atoms with van der Waals surface area (Å²) in [4.78, 5) is 17.2. The van der Waals surface area contributed by atoms with Crippen LogP contribution in [-0.2, 0) is 9.53 Å². The van der Waals surface area contributed by atoms with Gasteiger partial charge in [0.15, 0.2) is 0 Å². The van der Waals surface area contributed by atoms with Crippen LogP contribution in [0.25, 0.3) is 5.70 Å². The summed E-state index contributed by atoms with van der Waals surface area (Å²) in [6.07, 6.45) is 1.41. The number of carbonyl (C=O) groups is 1. The maximum atomic E-state index is 12.9. The number of anilines is 1. The molecule has 0 radical (unpaired) electrons. The number of nitrogens with zero attached hydrogens (tertiary/aromatic N) is 3. The molecule has 0 amide bonds. The molecule has 0 saturated heterocycles. The zero-order valence-electron chi connectivity index (χ0n) is 14.7. The minimum absolute atomic E-state index is 0.0695. The van der Waals surface area contributed by atoms with Gasteiger partial charge in [0.1, 0.15) is 18.1 Å². The van der Waals surface area contributed by atoms with Crippen molar-refractivity contribution in [1.29, 1.82) is 0 Å². The normalized spacial score (nSPS) is 15.8. The molecule has 1 aromatic heterocycles. The van der Waals surface area contributed by atoms with E-state index in [1.54, 1.807) is 35.9 Å². The van der Waals surface area contributed by atoms with E-state index in [4.69, 9.17) is 4.74 Å². The van der Waals surface area contributed by atoms with E-state index < -0.39 is 12.0 Å². The summed E-state index contributed by atoms with van der Waals surface area (Å²) >= 11 is 0. The van der Waals surface area contributed by atoms with E-state index in [1.165, 1.54) is 6.33 Å². The number of phenolic OH excluding ortho intramolecular Hbond substituents is 1. The van der Waals surface area contributed by atoms with Gasteiger partial charge in [0.2, 0.25) is 5.95 Å². The summed E-state index contributed by atoms with van der Waals surface area (Å²) in [5.74, 6) is 0.0773. The Morgan fingerprint density at radius 3 is 2.67 bits per heavy atom. The SMILES string of the molecule is CCOC(=O)C1=C(c2ccccc2)Nc2ncnn2[C@@H]1c1ccccc1O. The standard InChI is InChI=1S/C20H18N4O3/c1-2-27-19(26)16-17(13-8-4-3-5-9-13)23-20-21-12-22-24(20)18(16)14-10-6-7-11-15(14)25/h3-12,18,25H,2H2,1H3,(H,21,22,23)/t18-/m1/s1. The lowest BCUT2D eigenvalue weighted by molar-refractivity contribution is -0.138. The number of aromatic nitrogens is 3. The third-order valence-corrected chi connectivity index (χ3v) is 4.39. The fraction of sp³-hybridized carbons (Fsp3) is 0.150. The van der Waals surface area contributed by atoms with Crippen LogP contribution in [0.2, 0.25) is 0 Å². The van der Waals surface area contributed by atoms with Gasteiger partial charge in [-0.25, -0.2) is 9.48 Å². The van der Waals surface area contributed by atoms with Gasteiger partial charge in [-0.05, 0) is 18.6 Å². The fourth-order valence-electron chi connectivity index (χ4n) is 3.23. The van der Waals surface area contributed by atoms with Crippen molar-refractivity contribution in [2.24, 2.45) is 0 Å². The highest BCUT2D eigenvalue weighted by atomic mass is 16.5. The van der Waals surface area contributed by atoms with Crippen LogP contribution in [0.5, 0.6) is 5.75 Å². The van der Waals surface area contributed by atoms with Gasteiger partial charge in [-0.3, -0.25) is 0 Å². The van der Waals surface area contributed by atoms with Gasteiger partial charge >= 0.3 is 5.97 Å². The van der Waals surface area contributed by atoms with Crippen LogP contribution in [0.4, 0.5) is 5.95 Å². The van der Waals surface area contributed by atoms with Crippen molar-refractivity contribution in [3.63, 3.8) is 0 Å². The average molecular weight is 362 g/mol. The van der Waals surface area contributed by atoms with Crippen LogP contribution in [0.3, 0.4) is 0 Å². The van der Waals surface area contributed by atoms with Crippen LogP contribution in [0.15, 0.2) is 66.5 Å². The zero-order chi connectivity index (χ0) is 18.8. The van der Waals surface area contributed by atoms with Crippen LogP contribution in [0, 0.1) is 0 Å². The van der Waals surface area contributed by atoms with E-state index >= 15 is 0 Å². The Labute approximate surface area is 155 Å². The van der Waals surface area contributed by atoms with Crippen molar-refractivity contribution < 1.29 is 14.6 Å². The summed E-state index contributed by atoms with van der Waals surface area (Å²) in [5.41, 5.74) is 2.31. The van der Waals surface area contributed by atoms with Crippen molar-refractivity contribution in [3.05, 3.63) is 77.6 Å². The number of ether oxygens (including phenoxy) is 1. The molecular formula is C20H18N4O3. The molecule has 1 aliphatic rings. The highest BCUT2D eigenvalue weighted by Gasteiger charge is 2.37. The van der Waals surface area contributed by atoms with Crippen molar-refractivity contribution >= 4 is 17.6 Å².